The summed E-state index contributed by atoms with van der Waals surface area (Å²) in [6.07, 6.45) is 13.5. The number of rotatable bonds is 0. The monoisotopic (exact) mass is 330 g/mol. The Kier molecular flexibility index (Phi) is 4.61. The minimum absolute atomic E-state index is 0.469. The van der Waals surface area contributed by atoms with E-state index in [1.54, 1.807) is 0 Å². The summed E-state index contributed by atoms with van der Waals surface area (Å²) in [7, 11) is 0. The third-order valence-corrected chi connectivity index (χ3v) is 5.30. The lowest BCUT2D eigenvalue weighted by molar-refractivity contribution is 0.755. The van der Waals surface area contributed by atoms with Crippen molar-refractivity contribution in [3.63, 3.8) is 0 Å². The molecule has 2 aliphatic rings. The third kappa shape index (κ3) is 3.09. The molecule has 22 heavy (non-hydrogen) atoms. The fraction of sp³-hybridized carbons (Fsp3) is 0.300. The van der Waals surface area contributed by atoms with E-state index in [9.17, 15) is 0 Å². The van der Waals surface area contributed by atoms with Crippen LogP contribution < -0.4 is 0 Å². The van der Waals surface area contributed by atoms with E-state index in [0.29, 0.717) is 5.92 Å². The van der Waals surface area contributed by atoms with Gasteiger partial charge in [0.1, 0.15) is 0 Å². The van der Waals surface area contributed by atoms with Gasteiger partial charge in [0.15, 0.2) is 0 Å². The molecule has 0 aliphatic heterocycles. The van der Waals surface area contributed by atoms with Crippen LogP contribution in [0.5, 0.6) is 0 Å². The molecule has 1 unspecified atom stereocenters. The maximum absolute atomic E-state index is 6.31. The molecule has 0 aromatic heterocycles. The maximum atomic E-state index is 6.31. The quantitative estimate of drug-likeness (QED) is 0.490. The molecular weight excluding hydrogens is 311 g/mol. The highest BCUT2D eigenvalue weighted by Gasteiger charge is 2.18. The largest absolute Gasteiger partial charge is 0.0847 e. The van der Waals surface area contributed by atoms with Gasteiger partial charge in [-0.2, -0.15) is 0 Å². The van der Waals surface area contributed by atoms with E-state index in [1.807, 2.05) is 12.2 Å². The van der Waals surface area contributed by atoms with Crippen molar-refractivity contribution in [3.8, 4) is 0 Å². The minimum Gasteiger partial charge on any atom is -0.0847 e. The second kappa shape index (κ2) is 6.48. The van der Waals surface area contributed by atoms with Crippen LogP contribution in [0.4, 0.5) is 0 Å². The summed E-state index contributed by atoms with van der Waals surface area (Å²) in [5.74, 6) is 0.469. The molecule has 0 bridgehead atoms. The summed E-state index contributed by atoms with van der Waals surface area (Å²) in [5, 5.41) is 1.70. The van der Waals surface area contributed by atoms with Gasteiger partial charge in [-0.15, -0.1) is 0 Å². The third-order valence-electron chi connectivity index (χ3n) is 4.58. The molecule has 0 saturated heterocycles. The number of benzene rings is 1. The predicted molar refractivity (Wildman–Crippen MR) is 98.4 cm³/mol. The van der Waals surface area contributed by atoms with Crippen molar-refractivity contribution in [2.45, 2.75) is 39.0 Å². The van der Waals surface area contributed by atoms with Gasteiger partial charge in [0.25, 0.3) is 0 Å². The van der Waals surface area contributed by atoms with Gasteiger partial charge < -0.3 is 0 Å². The lowest BCUT2D eigenvalue weighted by Crippen LogP contribution is -2.07. The number of halogens is 2. The second-order valence-electron chi connectivity index (χ2n) is 6.16. The van der Waals surface area contributed by atoms with Crippen molar-refractivity contribution in [3.05, 3.63) is 68.3 Å². The fourth-order valence-corrected chi connectivity index (χ4v) is 3.55. The Morgan fingerprint density at radius 2 is 1.68 bits per heavy atom. The molecule has 2 aliphatic carbocycles. The van der Waals surface area contributed by atoms with E-state index in [2.05, 4.69) is 44.2 Å². The average molecular weight is 331 g/mol. The van der Waals surface area contributed by atoms with Gasteiger partial charge in [0, 0.05) is 10.1 Å². The van der Waals surface area contributed by atoms with Crippen LogP contribution in [0, 0.1) is 0 Å². The smallest absolute Gasteiger partial charge is 0.0395 e. The van der Waals surface area contributed by atoms with Crippen molar-refractivity contribution in [1.29, 1.82) is 0 Å². The van der Waals surface area contributed by atoms with E-state index in [0.717, 1.165) is 29.3 Å². The Morgan fingerprint density at radius 3 is 2.50 bits per heavy atom. The van der Waals surface area contributed by atoms with Crippen LogP contribution in [-0.2, 0) is 6.42 Å². The maximum Gasteiger partial charge on any atom is 0.0395 e. The molecule has 1 aromatic rings. The highest BCUT2D eigenvalue weighted by molar-refractivity contribution is 6.32. The van der Waals surface area contributed by atoms with Crippen LogP contribution in [0.2, 0.25) is 0 Å². The number of allylic oxidation sites excluding steroid dienone is 6. The Hall–Kier alpha value is -1.24. The van der Waals surface area contributed by atoms with Crippen molar-refractivity contribution < 1.29 is 0 Å². The van der Waals surface area contributed by atoms with E-state index < -0.39 is 0 Å². The standard InChI is InChI=1S/C20H20Cl2/c1-13-4-11-18-15(8-12-19(13)22)5-6-16-7-10-17(21)9-3-14(2)20(16)18/h5-10,12,14H,3-4,11H2,1-2H3. The van der Waals surface area contributed by atoms with Crippen molar-refractivity contribution in [2.75, 3.05) is 0 Å². The molecule has 0 N–H and O–H groups in total. The molecular formula is C20H20Cl2. The first-order chi connectivity index (χ1) is 10.6. The zero-order valence-corrected chi connectivity index (χ0v) is 14.5. The van der Waals surface area contributed by atoms with Gasteiger partial charge >= 0.3 is 0 Å². The first-order valence-electron chi connectivity index (χ1n) is 7.79. The fourth-order valence-electron chi connectivity index (χ4n) is 3.24. The Labute approximate surface area is 142 Å². The number of hydrogen-bond acceptors (Lipinski definition) is 0. The zero-order valence-electron chi connectivity index (χ0n) is 13.0. The highest BCUT2D eigenvalue weighted by atomic mass is 35.5. The Morgan fingerprint density at radius 1 is 0.955 bits per heavy atom. The van der Waals surface area contributed by atoms with Crippen molar-refractivity contribution in [1.82, 2.24) is 0 Å². The first-order valence-corrected chi connectivity index (χ1v) is 8.54. The number of hydrogen-bond donors (Lipinski definition) is 0. The van der Waals surface area contributed by atoms with Crippen LogP contribution in [0.1, 0.15) is 54.9 Å². The summed E-state index contributed by atoms with van der Waals surface area (Å²) in [6, 6.07) is 4.40. The normalized spacial score (nSPS) is 21.3. The molecule has 0 saturated carbocycles. The predicted octanol–water partition coefficient (Wildman–Crippen LogP) is 6.80. The molecule has 0 fully saturated rings. The topological polar surface area (TPSA) is 0 Å². The lowest BCUT2D eigenvalue weighted by atomic mass is 9.82. The molecule has 1 aromatic carbocycles. The van der Waals surface area contributed by atoms with Gasteiger partial charge in [0.05, 0.1) is 0 Å². The molecule has 0 radical (unpaired) electrons. The summed E-state index contributed by atoms with van der Waals surface area (Å²) in [6.45, 7) is 4.41. The molecule has 2 heteroatoms. The van der Waals surface area contributed by atoms with E-state index >= 15 is 0 Å². The molecule has 0 nitrogen and oxygen atoms in total. The van der Waals surface area contributed by atoms with Crippen LogP contribution in [0.15, 0.2) is 46.0 Å². The van der Waals surface area contributed by atoms with E-state index in [-0.39, 0.29) is 0 Å². The van der Waals surface area contributed by atoms with Crippen molar-refractivity contribution >= 4 is 35.4 Å². The summed E-state index contributed by atoms with van der Waals surface area (Å²) >= 11 is 12.5. The van der Waals surface area contributed by atoms with Crippen molar-refractivity contribution in [2.24, 2.45) is 0 Å². The zero-order chi connectivity index (χ0) is 15.7. The summed E-state index contributed by atoms with van der Waals surface area (Å²) in [4.78, 5) is 0. The molecule has 0 amide bonds. The average Bonchev–Trinajstić information content (AvgIpc) is 2.50. The second-order valence-corrected chi connectivity index (χ2v) is 7.00. The van der Waals surface area contributed by atoms with E-state index in [4.69, 9.17) is 23.2 Å². The van der Waals surface area contributed by atoms with Crippen LogP contribution in [0.3, 0.4) is 0 Å². The first kappa shape index (κ1) is 15.6. The van der Waals surface area contributed by atoms with Crippen LogP contribution in [-0.4, -0.2) is 0 Å². The molecule has 1 atom stereocenters. The molecule has 114 valence electrons. The lowest BCUT2D eigenvalue weighted by Gasteiger charge is -2.23. The Bertz CT molecular complexity index is 717. The van der Waals surface area contributed by atoms with Gasteiger partial charge in [0.2, 0.25) is 0 Å². The van der Waals surface area contributed by atoms with E-state index in [1.165, 1.54) is 27.8 Å². The number of fused-ring (bicyclic) bond motifs is 3. The molecule has 0 spiro atoms. The minimum atomic E-state index is 0.469. The highest BCUT2D eigenvalue weighted by Crippen LogP contribution is 2.36. The molecule has 3 rings (SSSR count). The summed E-state index contributed by atoms with van der Waals surface area (Å²) < 4.78 is 0. The van der Waals surface area contributed by atoms with Gasteiger partial charge in [-0.1, -0.05) is 66.1 Å². The van der Waals surface area contributed by atoms with Crippen LogP contribution in [0.25, 0.3) is 12.2 Å². The Balaban J connectivity index is 2.14. The van der Waals surface area contributed by atoms with Gasteiger partial charge in [-0.05, 0) is 66.5 Å². The SMILES string of the molecule is CC1=C(Cl)C=Cc2ccc3c(c2CC1)C(C)CC=C(Cl)C=C3. The van der Waals surface area contributed by atoms with Gasteiger partial charge in [-0.3, -0.25) is 0 Å². The summed E-state index contributed by atoms with van der Waals surface area (Å²) in [5.41, 5.74) is 6.77. The van der Waals surface area contributed by atoms with Gasteiger partial charge in [-0.25, -0.2) is 0 Å². The van der Waals surface area contributed by atoms with Crippen LogP contribution >= 0.6 is 23.2 Å². The molecule has 0 heterocycles.